The van der Waals surface area contributed by atoms with Crippen molar-refractivity contribution in [3.8, 4) is 0 Å². The number of nitrogens with one attached hydrogen (secondary N) is 2. The van der Waals surface area contributed by atoms with E-state index in [1.807, 2.05) is 6.07 Å². The molecule has 4 nitrogen and oxygen atoms in total. The molecule has 1 aromatic carbocycles. The second kappa shape index (κ2) is 6.41. The van der Waals surface area contributed by atoms with E-state index >= 15 is 0 Å². The van der Waals surface area contributed by atoms with Crippen LogP contribution < -0.4 is 10.9 Å². The summed E-state index contributed by atoms with van der Waals surface area (Å²) in [6, 6.07) is 6.28. The number of aromatic amines is 1. The van der Waals surface area contributed by atoms with E-state index in [2.05, 4.69) is 36.1 Å². The zero-order valence-corrected chi connectivity index (χ0v) is 13.1. The number of H-pyrrole nitrogens is 1. The molecule has 0 aliphatic carbocycles. The molecule has 0 amide bonds. The number of hydrogen-bond donors (Lipinski definition) is 2. The van der Waals surface area contributed by atoms with E-state index in [1.165, 1.54) is 18.3 Å². The summed E-state index contributed by atoms with van der Waals surface area (Å²) in [5.74, 6) is -0.320. The summed E-state index contributed by atoms with van der Waals surface area (Å²) in [4.78, 5) is 18.4. The van der Waals surface area contributed by atoms with Crippen LogP contribution in [0.5, 0.6) is 0 Å². The van der Waals surface area contributed by atoms with Gasteiger partial charge in [0.05, 0.1) is 4.90 Å². The molecule has 0 aliphatic rings. The lowest BCUT2D eigenvalue weighted by atomic mass is 10.1. The Labute approximate surface area is 127 Å². The van der Waals surface area contributed by atoms with Crippen LogP contribution in [-0.2, 0) is 6.54 Å². The highest BCUT2D eigenvalue weighted by Crippen LogP contribution is 2.30. The molecule has 0 spiro atoms. The van der Waals surface area contributed by atoms with Crippen molar-refractivity contribution in [3.05, 3.63) is 52.2 Å². The summed E-state index contributed by atoms with van der Waals surface area (Å²) in [7, 11) is 0. The lowest BCUT2D eigenvalue weighted by Gasteiger charge is -2.21. The molecule has 0 saturated heterocycles. The Morgan fingerprint density at radius 3 is 2.76 bits per heavy atom. The van der Waals surface area contributed by atoms with Crippen molar-refractivity contribution < 1.29 is 4.39 Å². The highest BCUT2D eigenvalue weighted by atomic mass is 32.2. The van der Waals surface area contributed by atoms with Crippen LogP contribution in [0.4, 0.5) is 4.39 Å². The number of rotatable bonds is 4. The quantitative estimate of drug-likeness (QED) is 0.853. The molecule has 21 heavy (non-hydrogen) atoms. The monoisotopic (exact) mass is 307 g/mol. The van der Waals surface area contributed by atoms with E-state index in [-0.39, 0.29) is 16.9 Å². The molecule has 0 bridgehead atoms. The van der Waals surface area contributed by atoms with E-state index < -0.39 is 0 Å². The molecule has 2 N–H and O–H groups in total. The van der Waals surface area contributed by atoms with Crippen molar-refractivity contribution in [1.29, 1.82) is 0 Å². The summed E-state index contributed by atoms with van der Waals surface area (Å²) < 4.78 is 14.1. The van der Waals surface area contributed by atoms with Crippen molar-refractivity contribution in [1.82, 2.24) is 15.3 Å². The molecule has 1 heterocycles. The molecule has 6 heteroatoms. The molecule has 112 valence electrons. The van der Waals surface area contributed by atoms with Gasteiger partial charge in [-0.3, -0.25) is 4.79 Å². The van der Waals surface area contributed by atoms with Crippen molar-refractivity contribution >= 4 is 11.8 Å². The van der Waals surface area contributed by atoms with Gasteiger partial charge in [-0.15, -0.1) is 0 Å². The predicted octanol–water partition coefficient (Wildman–Crippen LogP) is 2.95. The third-order valence-corrected chi connectivity index (χ3v) is 3.77. The highest BCUT2D eigenvalue weighted by molar-refractivity contribution is 7.99. The molecule has 2 aromatic rings. The number of aromatic nitrogens is 2. The predicted molar refractivity (Wildman–Crippen MR) is 82.0 cm³/mol. The van der Waals surface area contributed by atoms with Crippen molar-refractivity contribution in [2.75, 3.05) is 0 Å². The summed E-state index contributed by atoms with van der Waals surface area (Å²) in [5.41, 5.74) is 0.521. The first-order chi connectivity index (χ1) is 9.85. The van der Waals surface area contributed by atoms with Gasteiger partial charge >= 0.3 is 0 Å². The maximum absolute atomic E-state index is 14.1. The average Bonchev–Trinajstić information content (AvgIpc) is 2.39. The zero-order chi connectivity index (χ0) is 15.5. The van der Waals surface area contributed by atoms with Crippen LogP contribution >= 0.6 is 11.8 Å². The Morgan fingerprint density at radius 1 is 1.33 bits per heavy atom. The Kier molecular flexibility index (Phi) is 4.80. The van der Waals surface area contributed by atoms with Crippen molar-refractivity contribution in [2.24, 2.45) is 0 Å². The maximum atomic E-state index is 14.1. The Bertz CT molecular complexity index is 679. The van der Waals surface area contributed by atoms with Crippen molar-refractivity contribution in [2.45, 2.75) is 42.9 Å². The first-order valence-corrected chi connectivity index (χ1v) is 7.42. The molecule has 0 saturated carbocycles. The number of hydrogen-bond acceptors (Lipinski definition) is 4. The number of nitrogens with zero attached hydrogens (tertiary/aromatic N) is 1. The summed E-state index contributed by atoms with van der Waals surface area (Å²) in [5, 5.41) is 3.71. The smallest absolute Gasteiger partial charge is 0.251 e. The largest absolute Gasteiger partial charge is 0.308 e. The van der Waals surface area contributed by atoms with Crippen LogP contribution in [0.25, 0.3) is 0 Å². The fourth-order valence-electron chi connectivity index (χ4n) is 1.67. The zero-order valence-electron chi connectivity index (χ0n) is 12.2. The lowest BCUT2D eigenvalue weighted by Crippen LogP contribution is -2.35. The average molecular weight is 307 g/mol. The Hall–Kier alpha value is -1.66. The molecule has 0 aliphatic heterocycles. The van der Waals surface area contributed by atoms with Gasteiger partial charge < -0.3 is 10.3 Å². The van der Waals surface area contributed by atoms with Crippen LogP contribution in [0.15, 0.2) is 45.3 Å². The first-order valence-electron chi connectivity index (χ1n) is 6.61. The number of benzene rings is 1. The fourth-order valence-corrected chi connectivity index (χ4v) is 2.56. The van der Waals surface area contributed by atoms with Crippen LogP contribution in [0.2, 0.25) is 0 Å². The van der Waals surface area contributed by atoms with Gasteiger partial charge in [0.2, 0.25) is 0 Å². The molecular formula is C15H18FN3OS. The summed E-state index contributed by atoms with van der Waals surface area (Å²) in [6.45, 7) is 6.70. The molecule has 0 fully saturated rings. The topological polar surface area (TPSA) is 57.8 Å². The molecule has 0 radical (unpaired) electrons. The summed E-state index contributed by atoms with van der Waals surface area (Å²) in [6.07, 6.45) is 1.41. The Balaban J connectivity index is 2.27. The van der Waals surface area contributed by atoms with Crippen LogP contribution in [0.1, 0.15) is 26.3 Å². The lowest BCUT2D eigenvalue weighted by molar-refractivity contribution is 0.421. The normalized spacial score (nSPS) is 11.6. The number of halogens is 1. The third kappa shape index (κ3) is 4.68. The highest BCUT2D eigenvalue weighted by Gasteiger charge is 2.14. The van der Waals surface area contributed by atoms with Crippen LogP contribution in [-0.4, -0.2) is 15.5 Å². The minimum Gasteiger partial charge on any atom is -0.308 e. The molecular weight excluding hydrogens is 289 g/mol. The molecule has 0 atom stereocenters. The second-order valence-electron chi connectivity index (χ2n) is 5.67. The molecule has 1 aromatic heterocycles. The van der Waals surface area contributed by atoms with Gasteiger partial charge in [-0.05, 0) is 44.2 Å². The van der Waals surface area contributed by atoms with E-state index in [9.17, 15) is 9.18 Å². The summed E-state index contributed by atoms with van der Waals surface area (Å²) >= 11 is 1.12. The van der Waals surface area contributed by atoms with E-state index in [0.717, 1.165) is 17.3 Å². The minimum absolute atomic E-state index is 0.0619. The van der Waals surface area contributed by atoms with Gasteiger partial charge in [-0.2, -0.15) is 0 Å². The molecule has 2 rings (SSSR count). The van der Waals surface area contributed by atoms with Gasteiger partial charge in [0.25, 0.3) is 5.56 Å². The van der Waals surface area contributed by atoms with Gasteiger partial charge in [0.15, 0.2) is 5.16 Å². The minimum atomic E-state index is -0.320. The van der Waals surface area contributed by atoms with Crippen LogP contribution in [0, 0.1) is 5.82 Å². The van der Waals surface area contributed by atoms with Crippen LogP contribution in [0.3, 0.4) is 0 Å². The third-order valence-electron chi connectivity index (χ3n) is 2.70. The van der Waals surface area contributed by atoms with E-state index in [1.54, 1.807) is 6.07 Å². The van der Waals surface area contributed by atoms with Gasteiger partial charge in [0.1, 0.15) is 5.82 Å². The van der Waals surface area contributed by atoms with Gasteiger partial charge in [-0.25, -0.2) is 9.37 Å². The Morgan fingerprint density at radius 2 is 2.10 bits per heavy atom. The standard InChI is InChI=1S/C15H18FN3OS/c1-15(2,3)18-9-10-5-4-6-11(16)13(10)21-14-17-8-7-12(20)19-14/h4-8,18H,9H2,1-3H3,(H,17,19,20). The second-order valence-corrected chi connectivity index (χ2v) is 6.67. The molecule has 0 unspecified atom stereocenters. The van der Waals surface area contributed by atoms with Gasteiger partial charge in [-0.1, -0.05) is 12.1 Å². The maximum Gasteiger partial charge on any atom is 0.251 e. The van der Waals surface area contributed by atoms with Crippen molar-refractivity contribution in [3.63, 3.8) is 0 Å². The van der Waals surface area contributed by atoms with E-state index in [4.69, 9.17) is 0 Å². The fraction of sp³-hybridized carbons (Fsp3) is 0.333. The SMILES string of the molecule is CC(C)(C)NCc1cccc(F)c1Sc1nccc(=O)[nH]1. The van der Waals surface area contributed by atoms with Gasteiger partial charge in [0, 0.05) is 24.3 Å². The first kappa shape index (κ1) is 15.7. The van der Waals surface area contributed by atoms with E-state index in [0.29, 0.717) is 16.6 Å².